The molecule has 6 rings (SSSR count). The maximum atomic E-state index is 8.00. The van der Waals surface area contributed by atoms with Crippen LogP contribution in [0.3, 0.4) is 0 Å². The van der Waals surface area contributed by atoms with E-state index in [2.05, 4.69) is 166 Å². The van der Waals surface area contributed by atoms with E-state index in [1.807, 2.05) is 6.79 Å². The molecule has 47 heavy (non-hydrogen) atoms. The van der Waals surface area contributed by atoms with E-state index in [0.717, 1.165) is 13.1 Å². The molecule has 2 aliphatic heterocycles. The Morgan fingerprint density at radius 1 is 0.681 bits per heavy atom. The summed E-state index contributed by atoms with van der Waals surface area (Å²) in [5, 5.41) is 5.37. The number of carbonyl (C=O) groups excluding carboxylic acids is 1. The Bertz CT molecular complexity index is 1900. The lowest BCUT2D eigenvalue weighted by Gasteiger charge is -2.26. The summed E-state index contributed by atoms with van der Waals surface area (Å²) in [7, 11) is 0. The Morgan fingerprint density at radius 2 is 1.30 bits per heavy atom. The summed E-state index contributed by atoms with van der Waals surface area (Å²) in [5.41, 5.74) is 8.21. The molecule has 0 spiro atoms. The van der Waals surface area contributed by atoms with Crippen molar-refractivity contribution < 1.29 is 9.37 Å². The van der Waals surface area contributed by atoms with Crippen LogP contribution in [-0.2, 0) is 15.6 Å². The zero-order chi connectivity index (χ0) is 33.6. The van der Waals surface area contributed by atoms with Gasteiger partial charge in [-0.2, -0.15) is 4.58 Å². The molecule has 0 N–H and O–H groups in total. The molecule has 2 heterocycles. The molecule has 3 heteroatoms. The molecule has 0 radical (unpaired) electrons. The number of benzene rings is 4. The predicted molar refractivity (Wildman–Crippen MR) is 204 cm³/mol. The van der Waals surface area contributed by atoms with E-state index in [1.165, 1.54) is 81.1 Å². The van der Waals surface area contributed by atoms with Gasteiger partial charge in [-0.05, 0) is 72.5 Å². The van der Waals surface area contributed by atoms with Gasteiger partial charge in [-0.1, -0.05) is 119 Å². The summed E-state index contributed by atoms with van der Waals surface area (Å²) in [6.07, 6.45) is 20.6. The number of nitrogens with zero attached hydrogens (tertiary/aromatic N) is 2. The molecule has 0 atom stereocenters. The molecule has 3 nitrogen and oxygen atoms in total. The van der Waals surface area contributed by atoms with Crippen molar-refractivity contribution in [3.8, 4) is 0 Å². The highest BCUT2D eigenvalue weighted by Gasteiger charge is 2.45. The fraction of sp³-hybridized carbons (Fsp3) is 0.318. The molecule has 0 fully saturated rings. The van der Waals surface area contributed by atoms with E-state index in [0.29, 0.717) is 0 Å². The first-order chi connectivity index (χ1) is 22.8. The van der Waals surface area contributed by atoms with Crippen molar-refractivity contribution in [1.29, 1.82) is 0 Å². The van der Waals surface area contributed by atoms with Crippen molar-refractivity contribution in [2.45, 2.75) is 78.1 Å². The van der Waals surface area contributed by atoms with Gasteiger partial charge in [0.05, 0.1) is 5.41 Å². The van der Waals surface area contributed by atoms with Crippen molar-refractivity contribution in [3.05, 3.63) is 132 Å². The second-order valence-corrected chi connectivity index (χ2v) is 13.6. The largest absolute Gasteiger partial charge is 0.344 e. The summed E-state index contributed by atoms with van der Waals surface area (Å²) in [4.78, 5) is 10.5. The van der Waals surface area contributed by atoms with E-state index in [9.17, 15) is 0 Å². The highest BCUT2D eigenvalue weighted by Crippen LogP contribution is 2.50. The van der Waals surface area contributed by atoms with Gasteiger partial charge in [0.1, 0.15) is 13.3 Å². The first kappa shape index (κ1) is 33.9. The van der Waals surface area contributed by atoms with Crippen molar-refractivity contribution in [2.24, 2.45) is 0 Å². The third-order valence-electron chi connectivity index (χ3n) is 10.0. The third kappa shape index (κ3) is 6.29. The number of fused-ring (bicyclic) bond motifs is 6. The van der Waals surface area contributed by atoms with Crippen LogP contribution < -0.4 is 4.90 Å². The molecular formula is C44H51N2O+. The number of rotatable bonds is 10. The van der Waals surface area contributed by atoms with Crippen molar-refractivity contribution in [3.63, 3.8) is 0 Å². The molecule has 2 aliphatic rings. The maximum Gasteiger partial charge on any atom is 0.210 e. The number of carbonyl (C=O) groups is 1. The Morgan fingerprint density at radius 3 is 1.98 bits per heavy atom. The smallest absolute Gasteiger partial charge is 0.210 e. The lowest BCUT2D eigenvalue weighted by molar-refractivity contribution is -0.438. The van der Waals surface area contributed by atoms with Crippen LogP contribution in [0.15, 0.2) is 121 Å². The molecule has 0 amide bonds. The standard InChI is InChI=1S/C43H49N2.CH2O/c1-7-9-10-20-31-45-37-30-28-33-22-17-19-24-35(33)41(37)43(5,6)39(45)26-15-13-11-12-14-25-38-42(3,4)40-34-23-18-16-21-32(34)27-29-36(40)44(38)8-2;1-2/h11-19,21-30H,7-10,20,31H2,1-6H3;1H2/q+1;. The van der Waals surface area contributed by atoms with E-state index in [4.69, 9.17) is 4.79 Å². The van der Waals surface area contributed by atoms with E-state index in [-0.39, 0.29) is 10.8 Å². The highest BCUT2D eigenvalue weighted by atomic mass is 16.1. The van der Waals surface area contributed by atoms with Crippen LogP contribution in [0.1, 0.15) is 78.4 Å². The van der Waals surface area contributed by atoms with E-state index in [1.54, 1.807) is 0 Å². The van der Waals surface area contributed by atoms with Gasteiger partial charge in [0.25, 0.3) is 0 Å². The number of unbranched alkanes of at least 4 members (excludes halogenated alkanes) is 3. The zero-order valence-electron chi connectivity index (χ0n) is 29.2. The lowest BCUT2D eigenvalue weighted by Crippen LogP contribution is -2.28. The zero-order valence-corrected chi connectivity index (χ0v) is 29.2. The average Bonchev–Trinajstić information content (AvgIpc) is 3.45. The second-order valence-electron chi connectivity index (χ2n) is 13.6. The number of anilines is 1. The molecule has 0 saturated carbocycles. The fourth-order valence-electron chi connectivity index (χ4n) is 7.83. The summed E-state index contributed by atoms with van der Waals surface area (Å²) in [6.45, 7) is 18.1. The topological polar surface area (TPSA) is 23.3 Å². The lowest BCUT2D eigenvalue weighted by atomic mass is 9.79. The molecule has 0 aromatic heterocycles. The van der Waals surface area contributed by atoms with Crippen molar-refractivity contribution in [1.82, 2.24) is 0 Å². The third-order valence-corrected chi connectivity index (χ3v) is 10.0. The Hall–Kier alpha value is -4.50. The molecule has 0 saturated heterocycles. The van der Waals surface area contributed by atoms with Crippen LogP contribution in [0.4, 0.5) is 11.4 Å². The van der Waals surface area contributed by atoms with Gasteiger partial charge in [-0.25, -0.2) is 0 Å². The maximum absolute atomic E-state index is 8.00. The van der Waals surface area contributed by atoms with Gasteiger partial charge < -0.3 is 9.69 Å². The molecule has 242 valence electrons. The Labute approximate surface area is 282 Å². The van der Waals surface area contributed by atoms with Gasteiger partial charge in [0, 0.05) is 47.5 Å². The number of hydrogen-bond acceptors (Lipinski definition) is 2. The molecule has 0 aliphatic carbocycles. The van der Waals surface area contributed by atoms with Crippen LogP contribution in [0.5, 0.6) is 0 Å². The van der Waals surface area contributed by atoms with Gasteiger partial charge >= 0.3 is 0 Å². The van der Waals surface area contributed by atoms with Gasteiger partial charge in [-0.15, -0.1) is 0 Å². The Kier molecular flexibility index (Phi) is 10.4. The number of likely N-dealkylation sites (N-methyl/N-ethyl adjacent to an activating group) is 1. The van der Waals surface area contributed by atoms with Crippen LogP contribution in [0.2, 0.25) is 0 Å². The first-order valence-electron chi connectivity index (χ1n) is 17.3. The minimum absolute atomic E-state index is 0.0649. The highest BCUT2D eigenvalue weighted by molar-refractivity contribution is 6.07. The van der Waals surface area contributed by atoms with E-state index < -0.39 is 0 Å². The molecule has 0 bridgehead atoms. The van der Waals surface area contributed by atoms with Gasteiger partial charge in [-0.3, -0.25) is 0 Å². The van der Waals surface area contributed by atoms with Gasteiger partial charge in [0.2, 0.25) is 5.69 Å². The quantitative estimate of drug-likeness (QED) is 0.0997. The summed E-state index contributed by atoms with van der Waals surface area (Å²) < 4.78 is 2.59. The average molecular weight is 624 g/mol. The van der Waals surface area contributed by atoms with Crippen molar-refractivity contribution in [2.75, 3.05) is 18.0 Å². The number of allylic oxidation sites excluding steroid dienone is 8. The van der Waals surface area contributed by atoms with Gasteiger partial charge in [0.15, 0.2) is 5.71 Å². The minimum Gasteiger partial charge on any atom is -0.344 e. The monoisotopic (exact) mass is 623 g/mol. The predicted octanol–water partition coefficient (Wildman–Crippen LogP) is 11.1. The fourth-order valence-corrected chi connectivity index (χ4v) is 7.83. The van der Waals surface area contributed by atoms with Crippen LogP contribution in [-0.4, -0.2) is 30.2 Å². The minimum atomic E-state index is -0.0671. The van der Waals surface area contributed by atoms with Crippen LogP contribution in [0, 0.1) is 0 Å². The van der Waals surface area contributed by atoms with Crippen LogP contribution in [0.25, 0.3) is 21.5 Å². The normalized spacial score (nSPS) is 17.4. The second kappa shape index (κ2) is 14.5. The first-order valence-corrected chi connectivity index (χ1v) is 17.3. The summed E-state index contributed by atoms with van der Waals surface area (Å²) >= 11 is 0. The SMILES string of the molecule is C=O.CCCCCC[N+]1=C(/C=C/C=C/C=C/C=C2\N(CC)c3ccc4ccccc4c3C2(C)C)C(C)(C)c2c1ccc1ccccc21. The molecule has 4 aromatic carbocycles. The Balaban J connectivity index is 0.00000213. The van der Waals surface area contributed by atoms with Crippen LogP contribution >= 0.6 is 0 Å². The molecule has 4 aromatic rings. The van der Waals surface area contributed by atoms with E-state index >= 15 is 0 Å². The number of hydrogen-bond donors (Lipinski definition) is 0. The summed E-state index contributed by atoms with van der Waals surface area (Å²) in [6, 6.07) is 26.8. The molecule has 0 unspecified atom stereocenters. The van der Waals surface area contributed by atoms with Crippen molar-refractivity contribution >= 4 is 45.4 Å². The molecular weight excluding hydrogens is 572 g/mol. The summed E-state index contributed by atoms with van der Waals surface area (Å²) in [5.74, 6) is 0.